The molecule has 1 atom stereocenters. The Bertz CT molecular complexity index is 305. The molecule has 0 aliphatic heterocycles. The van der Waals surface area contributed by atoms with Gasteiger partial charge in [-0.2, -0.15) is 0 Å². The van der Waals surface area contributed by atoms with Crippen LogP contribution in [-0.2, 0) is 9.53 Å². The number of amides is 1. The first kappa shape index (κ1) is 13.4. The van der Waals surface area contributed by atoms with E-state index in [1.807, 2.05) is 0 Å². The van der Waals surface area contributed by atoms with Gasteiger partial charge >= 0.3 is 0 Å². The molecule has 0 heterocycles. The third-order valence-electron chi connectivity index (χ3n) is 3.56. The Hall–Kier alpha value is 0.01000. The molecule has 5 heteroatoms. The molecule has 2 fully saturated rings. The van der Waals surface area contributed by atoms with Crippen LogP contribution in [0.2, 0.25) is 0 Å². The van der Waals surface area contributed by atoms with Crippen molar-refractivity contribution in [1.82, 2.24) is 5.32 Å². The molecule has 0 radical (unpaired) electrons. The minimum absolute atomic E-state index is 0.0512. The van der Waals surface area contributed by atoms with Crippen molar-refractivity contribution in [3.8, 4) is 0 Å². The lowest BCUT2D eigenvalue weighted by Gasteiger charge is -2.12. The second kappa shape index (κ2) is 4.94. The van der Waals surface area contributed by atoms with Crippen molar-refractivity contribution < 1.29 is 9.53 Å². The first-order chi connectivity index (χ1) is 7.96. The quantitative estimate of drug-likeness (QED) is 0.575. The SMILES string of the molecule is CC1(C(=O)NCCCOCC2CC2)CC1(Cl)Cl. The zero-order valence-electron chi connectivity index (χ0n) is 10.1. The average Bonchev–Trinajstić information content (AvgIpc) is 3.12. The molecule has 98 valence electrons. The van der Waals surface area contributed by atoms with Crippen molar-refractivity contribution >= 4 is 29.1 Å². The Kier molecular flexibility index (Phi) is 3.91. The number of halogens is 2. The van der Waals surface area contributed by atoms with E-state index in [-0.39, 0.29) is 5.91 Å². The fourth-order valence-electron chi connectivity index (χ4n) is 1.75. The number of carbonyl (C=O) groups excluding carboxylic acids is 1. The van der Waals surface area contributed by atoms with Gasteiger partial charge in [0.1, 0.15) is 4.33 Å². The van der Waals surface area contributed by atoms with Crippen molar-refractivity contribution in [1.29, 1.82) is 0 Å². The number of hydrogen-bond acceptors (Lipinski definition) is 2. The lowest BCUT2D eigenvalue weighted by Crippen LogP contribution is -2.34. The Morgan fingerprint density at radius 3 is 2.65 bits per heavy atom. The molecule has 0 spiro atoms. The van der Waals surface area contributed by atoms with Gasteiger partial charge < -0.3 is 10.1 Å². The maximum Gasteiger partial charge on any atom is 0.229 e. The van der Waals surface area contributed by atoms with E-state index >= 15 is 0 Å². The van der Waals surface area contributed by atoms with Crippen molar-refractivity contribution in [2.75, 3.05) is 19.8 Å². The van der Waals surface area contributed by atoms with E-state index in [2.05, 4.69) is 5.32 Å². The van der Waals surface area contributed by atoms with Gasteiger partial charge in [-0.15, -0.1) is 23.2 Å². The zero-order chi connectivity index (χ0) is 12.5. The summed E-state index contributed by atoms with van der Waals surface area (Å²) in [6, 6.07) is 0. The molecule has 0 bridgehead atoms. The molecule has 2 aliphatic rings. The third-order valence-corrected chi connectivity index (χ3v) is 4.66. The first-order valence-electron chi connectivity index (χ1n) is 6.19. The summed E-state index contributed by atoms with van der Waals surface area (Å²) < 4.78 is 4.60. The van der Waals surface area contributed by atoms with Crippen LogP contribution in [0.3, 0.4) is 0 Å². The number of rotatable bonds is 7. The summed E-state index contributed by atoms with van der Waals surface area (Å²) >= 11 is 11.9. The second-order valence-corrected chi connectivity index (χ2v) is 6.82. The highest BCUT2D eigenvalue weighted by Crippen LogP contribution is 2.63. The summed E-state index contributed by atoms with van der Waals surface area (Å²) in [6.45, 7) is 4.01. The van der Waals surface area contributed by atoms with Crippen molar-refractivity contribution in [3.05, 3.63) is 0 Å². The molecule has 1 unspecified atom stereocenters. The van der Waals surface area contributed by atoms with E-state index in [1.54, 1.807) is 6.92 Å². The third kappa shape index (κ3) is 3.27. The van der Waals surface area contributed by atoms with Gasteiger partial charge in [-0.25, -0.2) is 0 Å². The fraction of sp³-hybridized carbons (Fsp3) is 0.917. The van der Waals surface area contributed by atoms with Gasteiger partial charge in [-0.05, 0) is 38.5 Å². The monoisotopic (exact) mass is 279 g/mol. The summed E-state index contributed by atoms with van der Waals surface area (Å²) in [5.74, 6) is 0.743. The highest BCUT2D eigenvalue weighted by atomic mass is 35.5. The predicted octanol–water partition coefficient (Wildman–Crippen LogP) is 2.50. The Balaban J connectivity index is 1.51. The van der Waals surface area contributed by atoms with E-state index in [9.17, 15) is 4.79 Å². The van der Waals surface area contributed by atoms with E-state index < -0.39 is 9.75 Å². The predicted molar refractivity (Wildman–Crippen MR) is 68.3 cm³/mol. The minimum Gasteiger partial charge on any atom is -0.381 e. The van der Waals surface area contributed by atoms with Crippen molar-refractivity contribution in [3.63, 3.8) is 0 Å². The molecule has 1 N–H and O–H groups in total. The molecule has 3 nitrogen and oxygen atoms in total. The van der Waals surface area contributed by atoms with Gasteiger partial charge in [0, 0.05) is 19.8 Å². The molecule has 2 rings (SSSR count). The van der Waals surface area contributed by atoms with Crippen LogP contribution >= 0.6 is 23.2 Å². The average molecular weight is 280 g/mol. The van der Waals surface area contributed by atoms with Gasteiger partial charge in [-0.1, -0.05) is 0 Å². The van der Waals surface area contributed by atoms with Crippen LogP contribution < -0.4 is 5.32 Å². The smallest absolute Gasteiger partial charge is 0.229 e. The molecular formula is C12H19Cl2NO2. The number of nitrogens with one attached hydrogen (secondary N) is 1. The van der Waals surface area contributed by atoms with Crippen LogP contribution in [-0.4, -0.2) is 30.0 Å². The summed E-state index contributed by atoms with van der Waals surface area (Å²) in [4.78, 5) is 11.8. The standard InChI is InChI=1S/C12H19Cl2NO2/c1-11(8-12(11,13)14)10(16)15-5-2-6-17-7-9-3-4-9/h9H,2-8H2,1H3,(H,15,16). The molecule has 17 heavy (non-hydrogen) atoms. The summed E-state index contributed by atoms with van der Waals surface area (Å²) in [6.07, 6.45) is 3.99. The van der Waals surface area contributed by atoms with Crippen LogP contribution in [0.25, 0.3) is 0 Å². The van der Waals surface area contributed by atoms with Gasteiger partial charge in [-0.3, -0.25) is 4.79 Å². The zero-order valence-corrected chi connectivity index (χ0v) is 11.6. The minimum atomic E-state index is -0.875. The molecule has 1 amide bonds. The highest BCUT2D eigenvalue weighted by molar-refractivity contribution is 6.53. The Morgan fingerprint density at radius 2 is 2.12 bits per heavy atom. The molecule has 0 saturated heterocycles. The number of ether oxygens (including phenoxy) is 1. The van der Waals surface area contributed by atoms with Crippen LogP contribution in [0.15, 0.2) is 0 Å². The lowest BCUT2D eigenvalue weighted by molar-refractivity contribution is -0.125. The largest absolute Gasteiger partial charge is 0.381 e. The Morgan fingerprint density at radius 1 is 1.47 bits per heavy atom. The molecule has 0 aromatic rings. The molecular weight excluding hydrogens is 261 g/mol. The topological polar surface area (TPSA) is 38.3 Å². The molecule has 0 aromatic heterocycles. The summed E-state index contributed by atoms with van der Waals surface area (Å²) in [7, 11) is 0. The van der Waals surface area contributed by atoms with Crippen LogP contribution in [0.5, 0.6) is 0 Å². The lowest BCUT2D eigenvalue weighted by atomic mass is 10.1. The van der Waals surface area contributed by atoms with E-state index in [0.717, 1.165) is 18.9 Å². The number of hydrogen-bond donors (Lipinski definition) is 1. The summed E-state index contributed by atoms with van der Waals surface area (Å²) in [5, 5.41) is 2.86. The van der Waals surface area contributed by atoms with Gasteiger partial charge in [0.05, 0.1) is 5.41 Å². The van der Waals surface area contributed by atoms with E-state index in [4.69, 9.17) is 27.9 Å². The van der Waals surface area contributed by atoms with E-state index in [0.29, 0.717) is 19.6 Å². The molecule has 0 aromatic carbocycles. The number of carbonyl (C=O) groups is 1. The van der Waals surface area contributed by atoms with Gasteiger partial charge in [0.15, 0.2) is 0 Å². The molecule has 2 aliphatic carbocycles. The van der Waals surface area contributed by atoms with Crippen LogP contribution in [0, 0.1) is 11.3 Å². The summed E-state index contributed by atoms with van der Waals surface area (Å²) in [5.41, 5.74) is -0.606. The first-order valence-corrected chi connectivity index (χ1v) is 6.95. The van der Waals surface area contributed by atoms with Crippen LogP contribution in [0.4, 0.5) is 0 Å². The maximum absolute atomic E-state index is 11.8. The maximum atomic E-state index is 11.8. The second-order valence-electron chi connectivity index (χ2n) is 5.34. The number of alkyl halides is 2. The normalized spacial score (nSPS) is 30.1. The molecule has 2 saturated carbocycles. The highest BCUT2D eigenvalue weighted by Gasteiger charge is 2.67. The van der Waals surface area contributed by atoms with Crippen LogP contribution in [0.1, 0.15) is 32.6 Å². The van der Waals surface area contributed by atoms with E-state index in [1.165, 1.54) is 12.8 Å². The van der Waals surface area contributed by atoms with Crippen molar-refractivity contribution in [2.24, 2.45) is 11.3 Å². The van der Waals surface area contributed by atoms with Crippen molar-refractivity contribution in [2.45, 2.75) is 36.9 Å². The Labute approximate surface area is 112 Å². The van der Waals surface area contributed by atoms with Gasteiger partial charge in [0.25, 0.3) is 0 Å². The van der Waals surface area contributed by atoms with Gasteiger partial charge in [0.2, 0.25) is 5.91 Å². The fourth-order valence-corrected chi connectivity index (χ4v) is 2.46.